The number of aromatic nitrogens is 3. The van der Waals surface area contributed by atoms with Crippen molar-refractivity contribution in [3.63, 3.8) is 0 Å². The quantitative estimate of drug-likeness (QED) is 0.162. The summed E-state index contributed by atoms with van der Waals surface area (Å²) in [5, 5.41) is 5.15. The van der Waals surface area contributed by atoms with Gasteiger partial charge in [0, 0.05) is 0 Å². The molecule has 0 aliphatic carbocycles. The zero-order valence-corrected chi connectivity index (χ0v) is 33.7. The Hall–Kier alpha value is -6.60. The van der Waals surface area contributed by atoms with E-state index < -0.39 is 13.3 Å². The Kier molecular flexibility index (Phi) is 7.28. The molecule has 1 aliphatic heterocycles. The van der Waals surface area contributed by atoms with Crippen molar-refractivity contribution in [2.45, 2.75) is 0 Å². The predicted octanol–water partition coefficient (Wildman–Crippen LogP) is 10.6. The van der Waals surface area contributed by atoms with Gasteiger partial charge in [-0.05, 0) is 0 Å². The van der Waals surface area contributed by atoms with Crippen molar-refractivity contribution >= 4 is 84.2 Å². The Balaban J connectivity index is 1.15. The summed E-state index contributed by atoms with van der Waals surface area (Å²) in [5.41, 5.74) is 8.98. The first-order chi connectivity index (χ1) is 28.3. The monoisotopic (exact) mass is 805 g/mol. The molecule has 266 valence electrons. The molecule has 0 atom stereocenters. The van der Waals surface area contributed by atoms with Crippen LogP contribution < -0.4 is 17.6 Å². The van der Waals surface area contributed by atoms with Crippen molar-refractivity contribution in [1.29, 1.82) is 0 Å². The molecule has 11 aromatic rings. The Morgan fingerprint density at radius 1 is 0.439 bits per heavy atom. The van der Waals surface area contributed by atoms with Gasteiger partial charge in [0.2, 0.25) is 0 Å². The number of thiophene rings is 1. The van der Waals surface area contributed by atoms with Crippen LogP contribution in [0.25, 0.3) is 81.6 Å². The summed E-state index contributed by atoms with van der Waals surface area (Å²) < 4.78 is 10.5. The molecule has 0 saturated carbocycles. The third-order valence-electron chi connectivity index (χ3n) is 11.9. The van der Waals surface area contributed by atoms with Crippen molar-refractivity contribution in [1.82, 2.24) is 14.5 Å². The summed E-state index contributed by atoms with van der Waals surface area (Å²) >= 11 is -1.81. The van der Waals surface area contributed by atoms with Crippen LogP contribution in [-0.2, 0) is 0 Å². The maximum absolute atomic E-state index is 5.60. The third kappa shape index (κ3) is 4.72. The fourth-order valence-corrected chi connectivity index (χ4v) is 21.6. The molecule has 0 amide bonds. The van der Waals surface area contributed by atoms with Crippen molar-refractivity contribution in [3.8, 4) is 39.6 Å². The van der Waals surface area contributed by atoms with Gasteiger partial charge in [-0.3, -0.25) is 0 Å². The average Bonchev–Trinajstić information content (AvgIpc) is 3.94. The summed E-state index contributed by atoms with van der Waals surface area (Å²) in [7, 11) is 0. The minimum absolute atomic E-state index is 0.747. The summed E-state index contributed by atoms with van der Waals surface area (Å²) in [6, 6.07) is 73.3. The molecule has 5 heteroatoms. The first kappa shape index (κ1) is 32.6. The fourth-order valence-electron chi connectivity index (χ4n) is 9.53. The molecule has 4 heterocycles. The Morgan fingerprint density at radius 3 is 1.81 bits per heavy atom. The van der Waals surface area contributed by atoms with Crippen molar-refractivity contribution < 1.29 is 0 Å². The average molecular weight is 805 g/mol. The molecule has 8 aromatic carbocycles. The Morgan fingerprint density at radius 2 is 1.05 bits per heavy atom. The summed E-state index contributed by atoms with van der Waals surface area (Å²) in [6.45, 7) is 0. The minimum atomic E-state index is -3.68. The number of rotatable bonds is 5. The molecule has 0 spiro atoms. The fraction of sp³-hybridized carbons (Fsp3) is 0. The van der Waals surface area contributed by atoms with Crippen LogP contribution in [-0.4, -0.2) is 27.8 Å². The van der Waals surface area contributed by atoms with Gasteiger partial charge in [0.05, 0.1) is 0 Å². The van der Waals surface area contributed by atoms with E-state index in [1.54, 1.807) is 0 Å². The van der Waals surface area contributed by atoms with Crippen LogP contribution in [0.15, 0.2) is 200 Å². The second-order valence-electron chi connectivity index (χ2n) is 14.8. The summed E-state index contributed by atoms with van der Waals surface area (Å²) in [6.07, 6.45) is 0. The first-order valence-corrected chi connectivity index (χ1v) is 24.4. The van der Waals surface area contributed by atoms with E-state index in [1.165, 1.54) is 65.1 Å². The number of fused-ring (bicyclic) bond motifs is 10. The van der Waals surface area contributed by atoms with Crippen LogP contribution >= 0.6 is 11.3 Å². The van der Waals surface area contributed by atoms with E-state index in [0.29, 0.717) is 0 Å². The standard InChI is InChI=1S/C52H33GeN3S/c1-4-16-35(17-5-1)52-54-49(48-50(55-52)41-23-10-13-25-43(41)53(48,36-18-6-2-7-19-36)37-20-8-3-9-21-37)34-28-30-38(31-29-34)56-44-26-14-11-22-39(44)40-32-33-46-47(51(40)56)42-24-12-15-27-45(42)57-46/h1-33H. The molecular formula is C52H33GeN3S. The molecule has 12 rings (SSSR count). The van der Waals surface area contributed by atoms with Gasteiger partial charge in [-0.2, -0.15) is 0 Å². The number of hydrogen-bond acceptors (Lipinski definition) is 3. The molecule has 57 heavy (non-hydrogen) atoms. The molecular weight excluding hydrogens is 771 g/mol. The van der Waals surface area contributed by atoms with Crippen LogP contribution in [0.4, 0.5) is 0 Å². The van der Waals surface area contributed by atoms with Crippen molar-refractivity contribution in [2.24, 2.45) is 0 Å². The van der Waals surface area contributed by atoms with Gasteiger partial charge in [-0.1, -0.05) is 6.07 Å². The molecule has 0 N–H and O–H groups in total. The molecule has 0 unspecified atom stereocenters. The van der Waals surface area contributed by atoms with Crippen LogP contribution in [0.3, 0.4) is 0 Å². The van der Waals surface area contributed by atoms with Crippen LogP contribution in [0.2, 0.25) is 0 Å². The predicted molar refractivity (Wildman–Crippen MR) is 243 cm³/mol. The second-order valence-corrected chi connectivity index (χ2v) is 23.7. The molecule has 0 bridgehead atoms. The zero-order valence-electron chi connectivity index (χ0n) is 30.8. The van der Waals surface area contributed by atoms with E-state index in [9.17, 15) is 0 Å². The Labute approximate surface area is 336 Å². The molecule has 3 nitrogen and oxygen atoms in total. The van der Waals surface area contributed by atoms with E-state index >= 15 is 0 Å². The first-order valence-electron chi connectivity index (χ1n) is 19.4. The number of para-hydroxylation sites is 1. The Bertz CT molecular complexity index is 3300. The third-order valence-corrected chi connectivity index (χ3v) is 23.2. The van der Waals surface area contributed by atoms with E-state index in [1.807, 2.05) is 11.3 Å². The van der Waals surface area contributed by atoms with Crippen LogP contribution in [0.5, 0.6) is 0 Å². The van der Waals surface area contributed by atoms with Crippen LogP contribution in [0.1, 0.15) is 0 Å². The van der Waals surface area contributed by atoms with Gasteiger partial charge in [-0.25, -0.2) is 0 Å². The van der Waals surface area contributed by atoms with Gasteiger partial charge in [0.25, 0.3) is 0 Å². The molecule has 0 saturated heterocycles. The normalized spacial score (nSPS) is 13.1. The van der Waals surface area contributed by atoms with Gasteiger partial charge in [-0.15, -0.1) is 0 Å². The van der Waals surface area contributed by atoms with Gasteiger partial charge in [0.1, 0.15) is 0 Å². The molecule has 0 radical (unpaired) electrons. The summed E-state index contributed by atoms with van der Waals surface area (Å²) in [5.74, 6) is 0.747. The number of hydrogen-bond donors (Lipinski definition) is 0. The molecule has 0 fully saturated rings. The molecule has 3 aromatic heterocycles. The van der Waals surface area contributed by atoms with Crippen molar-refractivity contribution in [3.05, 3.63) is 200 Å². The van der Waals surface area contributed by atoms with Gasteiger partial charge < -0.3 is 0 Å². The van der Waals surface area contributed by atoms with E-state index in [4.69, 9.17) is 9.97 Å². The number of nitrogens with zero attached hydrogens (tertiary/aromatic N) is 3. The maximum atomic E-state index is 5.60. The van der Waals surface area contributed by atoms with Gasteiger partial charge in [0.15, 0.2) is 0 Å². The van der Waals surface area contributed by atoms with Crippen molar-refractivity contribution in [2.75, 3.05) is 0 Å². The SMILES string of the molecule is c1ccc(-c2nc(-c3ccc(-n4c5ccccc5c5ccc6sc7ccccc7c6c54)cc3)[c]3c(n2)-c2cccc[c]2[Ge]3([c]2ccccc2)[c]2ccccc2)cc1. The van der Waals surface area contributed by atoms with E-state index in [0.717, 1.165) is 34.0 Å². The zero-order chi connectivity index (χ0) is 37.5. The summed E-state index contributed by atoms with van der Waals surface area (Å²) in [4.78, 5) is 11.1. The molecule has 1 aliphatic rings. The number of benzene rings is 8. The van der Waals surface area contributed by atoms with E-state index in [2.05, 4.69) is 205 Å². The topological polar surface area (TPSA) is 30.7 Å². The van der Waals surface area contributed by atoms with Gasteiger partial charge >= 0.3 is 332 Å². The van der Waals surface area contributed by atoms with E-state index in [-0.39, 0.29) is 0 Å². The second kappa shape index (κ2) is 12.7. The van der Waals surface area contributed by atoms with Crippen LogP contribution in [0, 0.1) is 0 Å².